The molecule has 1 fully saturated rings. The maximum atomic E-state index is 12.9. The van der Waals surface area contributed by atoms with Gasteiger partial charge >= 0.3 is 0 Å². The summed E-state index contributed by atoms with van der Waals surface area (Å²) in [4.78, 5) is 14.9. The summed E-state index contributed by atoms with van der Waals surface area (Å²) in [6, 6.07) is 15.4. The normalized spacial score (nSPS) is 14.0. The highest BCUT2D eigenvalue weighted by Gasteiger charge is 2.33. The second kappa shape index (κ2) is 9.62. The lowest BCUT2D eigenvalue weighted by Crippen LogP contribution is -2.34. The third-order valence-electron chi connectivity index (χ3n) is 4.76. The number of rotatable bonds is 8. The van der Waals surface area contributed by atoms with Crippen molar-refractivity contribution in [1.82, 2.24) is 4.90 Å². The zero-order valence-electron chi connectivity index (χ0n) is 15.8. The predicted molar refractivity (Wildman–Crippen MR) is 108 cm³/mol. The number of halogens is 1. The molecule has 27 heavy (non-hydrogen) atoms. The van der Waals surface area contributed by atoms with E-state index in [1.54, 1.807) is 14.2 Å². The van der Waals surface area contributed by atoms with Gasteiger partial charge < -0.3 is 20.1 Å². The predicted octanol–water partition coefficient (Wildman–Crippen LogP) is 3.71. The van der Waals surface area contributed by atoms with Crippen molar-refractivity contribution in [2.24, 2.45) is 5.73 Å². The van der Waals surface area contributed by atoms with Crippen LogP contribution in [0.15, 0.2) is 48.5 Å². The van der Waals surface area contributed by atoms with Gasteiger partial charge in [-0.25, -0.2) is 0 Å². The van der Waals surface area contributed by atoms with Crippen molar-refractivity contribution in [3.63, 3.8) is 0 Å². The molecule has 0 bridgehead atoms. The smallest absolute Gasteiger partial charge is 0.225 e. The molecule has 0 aromatic heterocycles. The molecule has 1 aliphatic carbocycles. The maximum absolute atomic E-state index is 12.9. The first kappa shape index (κ1) is 21.1. The Hall–Kier alpha value is -2.24. The van der Waals surface area contributed by atoms with E-state index in [4.69, 9.17) is 15.2 Å². The van der Waals surface area contributed by atoms with E-state index in [-0.39, 0.29) is 24.4 Å². The zero-order valence-corrected chi connectivity index (χ0v) is 16.6. The van der Waals surface area contributed by atoms with Crippen LogP contribution < -0.4 is 15.2 Å². The molecular formula is C21H27ClN2O3. The fourth-order valence-electron chi connectivity index (χ4n) is 3.12. The number of benzene rings is 2. The second-order valence-corrected chi connectivity index (χ2v) is 6.65. The third kappa shape index (κ3) is 5.37. The Labute approximate surface area is 166 Å². The Morgan fingerprint density at radius 3 is 2.44 bits per heavy atom. The molecular weight excluding hydrogens is 364 g/mol. The first-order valence-electron chi connectivity index (χ1n) is 8.93. The topological polar surface area (TPSA) is 64.8 Å². The van der Waals surface area contributed by atoms with Crippen LogP contribution in [0, 0.1) is 0 Å². The summed E-state index contributed by atoms with van der Waals surface area (Å²) < 4.78 is 10.8. The van der Waals surface area contributed by atoms with Gasteiger partial charge in [0, 0.05) is 30.6 Å². The average molecular weight is 391 g/mol. The van der Waals surface area contributed by atoms with Gasteiger partial charge in [-0.05, 0) is 36.6 Å². The third-order valence-corrected chi connectivity index (χ3v) is 4.76. The maximum Gasteiger partial charge on any atom is 0.225 e. The molecule has 6 heteroatoms. The summed E-state index contributed by atoms with van der Waals surface area (Å²) in [5.74, 6) is 1.59. The largest absolute Gasteiger partial charge is 0.497 e. The van der Waals surface area contributed by atoms with Crippen LogP contribution in [0.1, 0.15) is 36.4 Å². The number of amides is 1. The minimum atomic E-state index is -0.294. The molecule has 1 amide bonds. The van der Waals surface area contributed by atoms with Crippen molar-refractivity contribution >= 4 is 18.3 Å². The lowest BCUT2D eigenvalue weighted by atomic mass is 10.0. The lowest BCUT2D eigenvalue weighted by molar-refractivity contribution is -0.132. The fourth-order valence-corrected chi connectivity index (χ4v) is 3.12. The fraction of sp³-hybridized carbons (Fsp3) is 0.381. The highest BCUT2D eigenvalue weighted by molar-refractivity contribution is 5.85. The summed E-state index contributed by atoms with van der Waals surface area (Å²) in [5.41, 5.74) is 8.18. The second-order valence-electron chi connectivity index (χ2n) is 6.65. The van der Waals surface area contributed by atoms with Crippen molar-refractivity contribution in [2.45, 2.75) is 37.9 Å². The number of ether oxygens (including phenoxy) is 2. The standard InChI is InChI=1S/C21H26N2O3.ClH/c1-25-18-10-11-20(26-2)16(12-18)14-23(17-8-9-17)21(24)13-19(22)15-6-4-3-5-7-15;/h3-7,10-12,17,19H,8-9,13-14,22H2,1-2H3;1H. The summed E-state index contributed by atoms with van der Waals surface area (Å²) in [6.07, 6.45) is 2.38. The Morgan fingerprint density at radius 2 is 1.85 bits per heavy atom. The molecule has 1 unspecified atom stereocenters. The van der Waals surface area contributed by atoms with E-state index < -0.39 is 0 Å². The van der Waals surface area contributed by atoms with Gasteiger partial charge in [0.05, 0.1) is 14.2 Å². The van der Waals surface area contributed by atoms with Crippen LogP contribution in [-0.4, -0.2) is 31.1 Å². The van der Waals surface area contributed by atoms with Crippen molar-refractivity contribution in [1.29, 1.82) is 0 Å². The highest BCUT2D eigenvalue weighted by Crippen LogP contribution is 2.33. The van der Waals surface area contributed by atoms with Crippen molar-refractivity contribution in [3.8, 4) is 11.5 Å². The summed E-state index contributed by atoms with van der Waals surface area (Å²) in [5, 5.41) is 0. The quantitative estimate of drug-likeness (QED) is 0.746. The highest BCUT2D eigenvalue weighted by atomic mass is 35.5. The number of carbonyl (C=O) groups is 1. The van der Waals surface area contributed by atoms with E-state index in [1.807, 2.05) is 53.4 Å². The van der Waals surface area contributed by atoms with Gasteiger partial charge in [-0.15, -0.1) is 12.4 Å². The molecule has 5 nitrogen and oxygen atoms in total. The van der Waals surface area contributed by atoms with Crippen LogP contribution in [0.25, 0.3) is 0 Å². The van der Waals surface area contributed by atoms with Gasteiger partial charge in [0.25, 0.3) is 0 Å². The SMILES string of the molecule is COc1ccc(OC)c(CN(C(=O)CC(N)c2ccccc2)C2CC2)c1.Cl. The summed E-state index contributed by atoms with van der Waals surface area (Å²) in [6.45, 7) is 0.505. The van der Waals surface area contributed by atoms with Gasteiger partial charge in [-0.2, -0.15) is 0 Å². The summed E-state index contributed by atoms with van der Waals surface area (Å²) >= 11 is 0. The number of hydrogen-bond donors (Lipinski definition) is 1. The van der Waals surface area contributed by atoms with Gasteiger partial charge in [0.15, 0.2) is 0 Å². The average Bonchev–Trinajstić information content (AvgIpc) is 3.51. The zero-order chi connectivity index (χ0) is 18.5. The molecule has 0 heterocycles. The first-order valence-corrected chi connectivity index (χ1v) is 8.93. The molecule has 0 radical (unpaired) electrons. The molecule has 2 aromatic rings. The first-order chi connectivity index (χ1) is 12.6. The Bertz CT molecular complexity index is 750. The van der Waals surface area contributed by atoms with Gasteiger partial charge in [-0.3, -0.25) is 4.79 Å². The van der Waals surface area contributed by atoms with Crippen LogP contribution in [0.3, 0.4) is 0 Å². The number of nitrogens with zero attached hydrogens (tertiary/aromatic N) is 1. The van der Waals surface area contributed by atoms with E-state index in [1.165, 1.54) is 0 Å². The van der Waals surface area contributed by atoms with Crippen LogP contribution in [0.2, 0.25) is 0 Å². The molecule has 1 aliphatic rings. The van der Waals surface area contributed by atoms with Crippen molar-refractivity contribution < 1.29 is 14.3 Å². The van der Waals surface area contributed by atoms with Crippen LogP contribution >= 0.6 is 12.4 Å². The van der Waals surface area contributed by atoms with E-state index in [0.717, 1.165) is 35.5 Å². The molecule has 2 aromatic carbocycles. The lowest BCUT2D eigenvalue weighted by Gasteiger charge is -2.25. The van der Waals surface area contributed by atoms with E-state index in [2.05, 4.69) is 0 Å². The van der Waals surface area contributed by atoms with Crippen LogP contribution in [-0.2, 0) is 11.3 Å². The molecule has 0 saturated heterocycles. The molecule has 1 saturated carbocycles. The van der Waals surface area contributed by atoms with E-state index >= 15 is 0 Å². The van der Waals surface area contributed by atoms with E-state index in [0.29, 0.717) is 19.0 Å². The monoisotopic (exact) mass is 390 g/mol. The number of nitrogens with two attached hydrogens (primary N) is 1. The molecule has 0 aliphatic heterocycles. The number of methoxy groups -OCH3 is 2. The molecule has 1 atom stereocenters. The van der Waals surface area contributed by atoms with E-state index in [9.17, 15) is 4.79 Å². The molecule has 2 N–H and O–H groups in total. The summed E-state index contributed by atoms with van der Waals surface area (Å²) in [7, 11) is 3.27. The van der Waals surface area contributed by atoms with Crippen molar-refractivity contribution in [3.05, 3.63) is 59.7 Å². The molecule has 0 spiro atoms. The van der Waals surface area contributed by atoms with Gasteiger partial charge in [0.2, 0.25) is 5.91 Å². The molecule has 146 valence electrons. The number of hydrogen-bond acceptors (Lipinski definition) is 4. The minimum Gasteiger partial charge on any atom is -0.497 e. The van der Waals surface area contributed by atoms with Gasteiger partial charge in [-0.1, -0.05) is 30.3 Å². The Morgan fingerprint density at radius 1 is 1.15 bits per heavy atom. The minimum absolute atomic E-state index is 0. The van der Waals surface area contributed by atoms with Crippen LogP contribution in [0.5, 0.6) is 11.5 Å². The Balaban J connectivity index is 0.00000261. The Kier molecular flexibility index (Phi) is 7.51. The van der Waals surface area contributed by atoms with Gasteiger partial charge in [0.1, 0.15) is 11.5 Å². The van der Waals surface area contributed by atoms with Crippen molar-refractivity contribution in [2.75, 3.05) is 14.2 Å². The molecule has 3 rings (SSSR count). The van der Waals surface area contributed by atoms with Crippen LogP contribution in [0.4, 0.5) is 0 Å². The number of carbonyl (C=O) groups excluding carboxylic acids is 1.